The lowest BCUT2D eigenvalue weighted by Gasteiger charge is -2.05. The normalized spacial score (nSPS) is 9.89. The minimum absolute atomic E-state index is 0.0422. The number of aromatic carboxylic acids is 1. The Balaban J connectivity index is 2.79. The molecule has 0 spiro atoms. The number of carbonyl (C=O) groups is 2. The van der Waals surface area contributed by atoms with Crippen molar-refractivity contribution in [2.75, 3.05) is 11.9 Å². The third-order valence-corrected chi connectivity index (χ3v) is 2.20. The molecule has 0 atom stereocenters. The van der Waals surface area contributed by atoms with Crippen LogP contribution in [0, 0.1) is 10.1 Å². The van der Waals surface area contributed by atoms with E-state index in [1.807, 2.05) is 0 Å². The van der Waals surface area contributed by atoms with E-state index in [2.05, 4.69) is 10.3 Å². The molecular weight excluding hydrogens is 256 g/mol. The van der Waals surface area contributed by atoms with Crippen LogP contribution in [0.4, 0.5) is 11.5 Å². The number of aromatic nitrogens is 1. The van der Waals surface area contributed by atoms with Gasteiger partial charge in [-0.3, -0.25) is 14.9 Å². The maximum atomic E-state index is 10.8. The minimum atomic E-state index is -1.30. The Labute approximate surface area is 107 Å². The molecule has 1 aromatic heterocycles. The summed E-state index contributed by atoms with van der Waals surface area (Å²) in [6, 6.07) is 0.922. The van der Waals surface area contributed by atoms with Gasteiger partial charge >= 0.3 is 11.7 Å². The predicted molar refractivity (Wildman–Crippen MR) is 64.8 cm³/mol. The van der Waals surface area contributed by atoms with E-state index in [0.717, 1.165) is 12.3 Å². The van der Waals surface area contributed by atoms with Gasteiger partial charge in [-0.1, -0.05) is 0 Å². The quantitative estimate of drug-likeness (QED) is 0.367. The molecule has 0 aliphatic heterocycles. The van der Waals surface area contributed by atoms with Crippen LogP contribution < -0.4 is 11.1 Å². The van der Waals surface area contributed by atoms with E-state index in [-0.39, 0.29) is 24.3 Å². The number of hydrogen-bond acceptors (Lipinski definition) is 6. The lowest BCUT2D eigenvalue weighted by molar-refractivity contribution is -0.384. The summed E-state index contributed by atoms with van der Waals surface area (Å²) in [6.45, 7) is 0.267. The fraction of sp³-hybridized carbons (Fsp3) is 0.300. The van der Waals surface area contributed by atoms with Gasteiger partial charge in [0.05, 0.1) is 10.5 Å². The van der Waals surface area contributed by atoms with Gasteiger partial charge < -0.3 is 16.2 Å². The van der Waals surface area contributed by atoms with Gasteiger partial charge in [-0.2, -0.15) is 0 Å². The Kier molecular flexibility index (Phi) is 4.75. The Morgan fingerprint density at radius 1 is 1.53 bits per heavy atom. The molecule has 0 aliphatic rings. The van der Waals surface area contributed by atoms with Crippen LogP contribution >= 0.6 is 0 Å². The van der Waals surface area contributed by atoms with Gasteiger partial charge in [0.15, 0.2) is 0 Å². The second kappa shape index (κ2) is 6.28. The van der Waals surface area contributed by atoms with Crippen molar-refractivity contribution in [3.05, 3.63) is 27.9 Å². The van der Waals surface area contributed by atoms with Gasteiger partial charge in [0.2, 0.25) is 11.7 Å². The molecule has 0 saturated heterocycles. The van der Waals surface area contributed by atoms with Crippen molar-refractivity contribution in [2.45, 2.75) is 12.8 Å². The standard InChI is InChI=1S/C10H12N4O5/c11-8(15)2-1-3-12-9-7(14(18)19)4-6(5-13-9)10(16)17/h4-5H,1-3H2,(H2,11,15)(H,12,13)(H,16,17). The first-order chi connectivity index (χ1) is 8.91. The average Bonchev–Trinajstić information content (AvgIpc) is 2.34. The molecule has 1 rings (SSSR count). The van der Waals surface area contributed by atoms with E-state index >= 15 is 0 Å². The summed E-state index contributed by atoms with van der Waals surface area (Å²) in [5, 5.41) is 22.2. The number of carbonyl (C=O) groups excluding carboxylic acids is 1. The van der Waals surface area contributed by atoms with E-state index in [9.17, 15) is 19.7 Å². The average molecular weight is 268 g/mol. The van der Waals surface area contributed by atoms with Gasteiger partial charge in [-0.05, 0) is 6.42 Å². The summed E-state index contributed by atoms with van der Waals surface area (Å²) in [7, 11) is 0. The van der Waals surface area contributed by atoms with E-state index in [1.54, 1.807) is 0 Å². The molecule has 0 aliphatic carbocycles. The summed E-state index contributed by atoms with van der Waals surface area (Å²) >= 11 is 0. The SMILES string of the molecule is NC(=O)CCCNc1ncc(C(=O)O)cc1[N+](=O)[O-]. The van der Waals surface area contributed by atoms with Crippen LogP contribution in [-0.2, 0) is 4.79 Å². The summed E-state index contributed by atoms with van der Waals surface area (Å²) in [5.41, 5.74) is 4.25. The number of anilines is 1. The zero-order valence-electron chi connectivity index (χ0n) is 9.83. The molecule has 102 valence electrons. The monoisotopic (exact) mass is 268 g/mol. The molecule has 4 N–H and O–H groups in total. The van der Waals surface area contributed by atoms with Gasteiger partial charge in [0.1, 0.15) is 0 Å². The van der Waals surface area contributed by atoms with Crippen molar-refractivity contribution in [1.82, 2.24) is 4.98 Å². The minimum Gasteiger partial charge on any atom is -0.478 e. The van der Waals surface area contributed by atoms with Crippen LogP contribution in [0.15, 0.2) is 12.3 Å². The third kappa shape index (κ3) is 4.22. The molecule has 0 saturated carbocycles. The highest BCUT2D eigenvalue weighted by atomic mass is 16.6. The fourth-order valence-corrected chi connectivity index (χ4v) is 1.31. The first kappa shape index (κ1) is 14.4. The van der Waals surface area contributed by atoms with Crippen LogP contribution in [0.25, 0.3) is 0 Å². The first-order valence-electron chi connectivity index (χ1n) is 5.31. The van der Waals surface area contributed by atoms with Crippen molar-refractivity contribution < 1.29 is 19.6 Å². The van der Waals surface area contributed by atoms with Crippen LogP contribution in [-0.4, -0.2) is 33.4 Å². The molecule has 1 amide bonds. The number of hydrogen-bond donors (Lipinski definition) is 3. The molecule has 0 bridgehead atoms. The van der Waals surface area contributed by atoms with Gasteiger partial charge in [0, 0.05) is 25.2 Å². The maximum absolute atomic E-state index is 10.8. The number of carboxylic acids is 1. The van der Waals surface area contributed by atoms with Crippen LogP contribution in [0.1, 0.15) is 23.2 Å². The molecule has 9 heteroatoms. The Morgan fingerprint density at radius 3 is 2.74 bits per heavy atom. The second-order valence-electron chi connectivity index (χ2n) is 3.65. The van der Waals surface area contributed by atoms with E-state index in [4.69, 9.17) is 10.8 Å². The number of carboxylic acid groups (broad SMARTS) is 1. The van der Waals surface area contributed by atoms with Crippen molar-refractivity contribution in [2.24, 2.45) is 5.73 Å². The highest BCUT2D eigenvalue weighted by Crippen LogP contribution is 2.22. The highest BCUT2D eigenvalue weighted by molar-refractivity contribution is 5.88. The fourth-order valence-electron chi connectivity index (χ4n) is 1.31. The molecule has 1 heterocycles. The predicted octanol–water partition coefficient (Wildman–Crippen LogP) is 0.365. The largest absolute Gasteiger partial charge is 0.478 e. The lowest BCUT2D eigenvalue weighted by Crippen LogP contribution is -2.13. The Bertz CT molecular complexity index is 517. The topological polar surface area (TPSA) is 148 Å². The second-order valence-corrected chi connectivity index (χ2v) is 3.65. The number of nitrogens with one attached hydrogen (secondary N) is 1. The van der Waals surface area contributed by atoms with Crippen LogP contribution in [0.3, 0.4) is 0 Å². The Hall–Kier alpha value is -2.71. The molecule has 0 fully saturated rings. The molecule has 0 radical (unpaired) electrons. The van der Waals surface area contributed by atoms with Crippen molar-refractivity contribution in [3.63, 3.8) is 0 Å². The molecule has 9 nitrogen and oxygen atoms in total. The van der Waals surface area contributed by atoms with Crippen molar-refractivity contribution >= 4 is 23.4 Å². The van der Waals surface area contributed by atoms with Crippen molar-refractivity contribution in [1.29, 1.82) is 0 Å². The van der Waals surface area contributed by atoms with Crippen LogP contribution in [0.5, 0.6) is 0 Å². The van der Waals surface area contributed by atoms with Crippen LogP contribution in [0.2, 0.25) is 0 Å². The van der Waals surface area contributed by atoms with Gasteiger partial charge in [0.25, 0.3) is 0 Å². The summed E-state index contributed by atoms with van der Waals surface area (Å²) in [6.07, 6.45) is 1.56. The lowest BCUT2D eigenvalue weighted by atomic mass is 10.2. The number of primary amides is 1. The molecule has 1 aromatic rings. The summed E-state index contributed by atoms with van der Waals surface area (Å²) in [5.74, 6) is -1.80. The van der Waals surface area contributed by atoms with E-state index in [1.165, 1.54) is 0 Å². The molecule has 0 unspecified atom stereocenters. The zero-order valence-corrected chi connectivity index (χ0v) is 9.83. The van der Waals surface area contributed by atoms with E-state index in [0.29, 0.717) is 6.42 Å². The molecule has 0 aromatic carbocycles. The third-order valence-electron chi connectivity index (χ3n) is 2.20. The maximum Gasteiger partial charge on any atom is 0.337 e. The molecule has 19 heavy (non-hydrogen) atoms. The molecular formula is C10H12N4O5. The van der Waals surface area contributed by atoms with Gasteiger partial charge in [-0.15, -0.1) is 0 Å². The number of pyridine rings is 1. The van der Waals surface area contributed by atoms with Crippen molar-refractivity contribution in [3.8, 4) is 0 Å². The summed E-state index contributed by atoms with van der Waals surface area (Å²) < 4.78 is 0. The first-order valence-corrected chi connectivity index (χ1v) is 5.31. The zero-order chi connectivity index (χ0) is 14.4. The Morgan fingerprint density at radius 2 is 2.21 bits per heavy atom. The number of rotatable bonds is 7. The number of nitrogens with two attached hydrogens (primary N) is 1. The number of nitro groups is 1. The number of amides is 1. The van der Waals surface area contributed by atoms with Gasteiger partial charge in [-0.25, -0.2) is 9.78 Å². The summed E-state index contributed by atoms with van der Waals surface area (Å²) in [4.78, 5) is 35.0. The number of nitrogens with zero attached hydrogens (tertiary/aromatic N) is 2. The highest BCUT2D eigenvalue weighted by Gasteiger charge is 2.18. The smallest absolute Gasteiger partial charge is 0.337 e. The van der Waals surface area contributed by atoms with E-state index < -0.39 is 22.5 Å².